The predicted octanol–water partition coefficient (Wildman–Crippen LogP) is 2.11. The summed E-state index contributed by atoms with van der Waals surface area (Å²) < 4.78 is 35.8. The zero-order valence-corrected chi connectivity index (χ0v) is 12.6. The Labute approximate surface area is 118 Å². The highest BCUT2D eigenvalue weighted by Gasteiger charge is 2.19. The van der Waals surface area contributed by atoms with Gasteiger partial charge in [0.05, 0.1) is 11.4 Å². The molecular formula is C13H19FN2O3S. The monoisotopic (exact) mass is 302 g/mol. The Balaban J connectivity index is 2.77. The molecule has 20 heavy (non-hydrogen) atoms. The van der Waals surface area contributed by atoms with Gasteiger partial charge in [-0.25, -0.2) is 17.6 Å². The van der Waals surface area contributed by atoms with E-state index in [0.717, 1.165) is 6.26 Å². The van der Waals surface area contributed by atoms with Gasteiger partial charge in [0, 0.05) is 18.8 Å². The van der Waals surface area contributed by atoms with E-state index >= 15 is 0 Å². The molecule has 2 amide bonds. The van der Waals surface area contributed by atoms with E-state index in [1.54, 1.807) is 19.9 Å². The number of carbonyl (C=O) groups is 1. The number of benzene rings is 1. The Morgan fingerprint density at radius 2 is 1.95 bits per heavy atom. The van der Waals surface area contributed by atoms with Gasteiger partial charge in [-0.3, -0.25) is 0 Å². The van der Waals surface area contributed by atoms with Crippen molar-refractivity contribution >= 4 is 21.6 Å². The van der Waals surface area contributed by atoms with Gasteiger partial charge in [0.15, 0.2) is 0 Å². The first-order valence-corrected chi connectivity index (χ1v) is 8.26. The molecule has 0 fully saturated rings. The molecule has 112 valence electrons. The first-order valence-electron chi connectivity index (χ1n) is 6.20. The SMILES string of the molecule is CC(C)N(CCS(C)(=O)=O)C(=O)Nc1ccccc1F. The molecule has 0 atom stereocenters. The fraction of sp³-hybridized carbons (Fsp3) is 0.462. The Bertz CT molecular complexity index is 573. The maximum atomic E-state index is 13.5. The molecule has 5 nitrogen and oxygen atoms in total. The smallest absolute Gasteiger partial charge is 0.321 e. The minimum Gasteiger partial charge on any atom is -0.321 e. The second-order valence-corrected chi connectivity index (χ2v) is 7.09. The van der Waals surface area contributed by atoms with Crippen molar-refractivity contribution in [1.82, 2.24) is 4.90 Å². The summed E-state index contributed by atoms with van der Waals surface area (Å²) in [6, 6.07) is 5.11. The van der Waals surface area contributed by atoms with Crippen LogP contribution in [0.1, 0.15) is 13.8 Å². The van der Waals surface area contributed by atoms with Gasteiger partial charge >= 0.3 is 6.03 Å². The van der Waals surface area contributed by atoms with Crippen molar-refractivity contribution in [1.29, 1.82) is 0 Å². The van der Waals surface area contributed by atoms with Crippen LogP contribution in [0.25, 0.3) is 0 Å². The normalized spacial score (nSPS) is 11.4. The average Bonchev–Trinajstić information content (AvgIpc) is 2.30. The second-order valence-electron chi connectivity index (χ2n) is 4.83. The number of amides is 2. The minimum atomic E-state index is -3.16. The van der Waals surface area contributed by atoms with Gasteiger partial charge < -0.3 is 10.2 Å². The standard InChI is InChI=1S/C13H19FN2O3S/c1-10(2)16(8-9-20(3,18)19)13(17)15-12-7-5-4-6-11(12)14/h4-7,10H,8-9H2,1-3H3,(H,15,17). The lowest BCUT2D eigenvalue weighted by molar-refractivity contribution is 0.201. The Kier molecular flexibility index (Phi) is 5.50. The molecule has 1 rings (SSSR count). The molecule has 7 heteroatoms. The fourth-order valence-corrected chi connectivity index (χ4v) is 2.14. The van der Waals surface area contributed by atoms with Crippen molar-refractivity contribution in [2.45, 2.75) is 19.9 Å². The molecule has 0 saturated carbocycles. The maximum absolute atomic E-state index is 13.5. The third-order valence-electron chi connectivity index (χ3n) is 2.70. The lowest BCUT2D eigenvalue weighted by atomic mass is 10.3. The fourth-order valence-electron chi connectivity index (χ4n) is 1.61. The van der Waals surface area contributed by atoms with Crippen LogP contribution in [0.4, 0.5) is 14.9 Å². The molecule has 0 spiro atoms. The molecule has 0 saturated heterocycles. The maximum Gasteiger partial charge on any atom is 0.322 e. The predicted molar refractivity (Wildman–Crippen MR) is 77.0 cm³/mol. The first kappa shape index (κ1) is 16.4. The van der Waals surface area contributed by atoms with Crippen LogP contribution in [0.5, 0.6) is 0 Å². The van der Waals surface area contributed by atoms with Crippen LogP contribution in [0.15, 0.2) is 24.3 Å². The van der Waals surface area contributed by atoms with E-state index in [4.69, 9.17) is 0 Å². The van der Waals surface area contributed by atoms with Gasteiger partial charge in [-0.15, -0.1) is 0 Å². The van der Waals surface area contributed by atoms with Gasteiger partial charge in [-0.2, -0.15) is 0 Å². The number of urea groups is 1. The van der Waals surface area contributed by atoms with Crippen molar-refractivity contribution in [2.24, 2.45) is 0 Å². The molecule has 0 aliphatic carbocycles. The van der Waals surface area contributed by atoms with Crippen LogP contribution < -0.4 is 5.32 Å². The molecule has 1 aromatic rings. The topological polar surface area (TPSA) is 66.5 Å². The molecule has 1 aromatic carbocycles. The molecule has 0 bridgehead atoms. The number of nitrogens with one attached hydrogen (secondary N) is 1. The number of rotatable bonds is 5. The second kappa shape index (κ2) is 6.69. The van der Waals surface area contributed by atoms with Crippen LogP contribution in [-0.4, -0.2) is 43.9 Å². The quantitative estimate of drug-likeness (QED) is 0.906. The van der Waals surface area contributed by atoms with Gasteiger partial charge in [0.2, 0.25) is 0 Å². The summed E-state index contributed by atoms with van der Waals surface area (Å²) in [6.07, 6.45) is 1.11. The van der Waals surface area contributed by atoms with Gasteiger partial charge in [-0.05, 0) is 26.0 Å². The zero-order valence-electron chi connectivity index (χ0n) is 11.8. The number of halogens is 1. The molecule has 0 heterocycles. The summed E-state index contributed by atoms with van der Waals surface area (Å²) in [6.45, 7) is 3.60. The number of nitrogens with zero attached hydrogens (tertiary/aromatic N) is 1. The molecule has 0 radical (unpaired) electrons. The summed E-state index contributed by atoms with van der Waals surface area (Å²) in [7, 11) is -3.16. The Morgan fingerprint density at radius 3 is 2.45 bits per heavy atom. The Hall–Kier alpha value is -1.63. The number of para-hydroxylation sites is 1. The third kappa shape index (κ3) is 5.16. The molecule has 0 aromatic heterocycles. The number of sulfone groups is 1. The largest absolute Gasteiger partial charge is 0.322 e. The van der Waals surface area contributed by atoms with E-state index < -0.39 is 21.7 Å². The van der Waals surface area contributed by atoms with Gasteiger partial charge in [0.1, 0.15) is 15.7 Å². The number of hydrogen-bond donors (Lipinski definition) is 1. The summed E-state index contributed by atoms with van der Waals surface area (Å²) in [5.74, 6) is -0.664. The highest BCUT2D eigenvalue weighted by molar-refractivity contribution is 7.90. The van der Waals surface area contributed by atoms with Crippen molar-refractivity contribution in [2.75, 3.05) is 23.9 Å². The average molecular weight is 302 g/mol. The molecule has 0 aliphatic rings. The lowest BCUT2D eigenvalue weighted by Gasteiger charge is -2.26. The van der Waals surface area contributed by atoms with E-state index in [1.807, 2.05) is 0 Å². The van der Waals surface area contributed by atoms with Crippen molar-refractivity contribution in [3.8, 4) is 0 Å². The first-order chi connectivity index (χ1) is 9.20. The van der Waals surface area contributed by atoms with Crippen molar-refractivity contribution in [3.63, 3.8) is 0 Å². The third-order valence-corrected chi connectivity index (χ3v) is 3.63. The van der Waals surface area contributed by atoms with Crippen LogP contribution in [0, 0.1) is 5.82 Å². The zero-order chi connectivity index (χ0) is 15.3. The van der Waals surface area contributed by atoms with E-state index in [2.05, 4.69) is 5.32 Å². The van der Waals surface area contributed by atoms with Crippen LogP contribution >= 0.6 is 0 Å². The van der Waals surface area contributed by atoms with E-state index in [-0.39, 0.29) is 24.0 Å². The van der Waals surface area contributed by atoms with Crippen LogP contribution in [0.3, 0.4) is 0 Å². The van der Waals surface area contributed by atoms with Crippen molar-refractivity contribution < 1.29 is 17.6 Å². The van der Waals surface area contributed by atoms with E-state index in [0.29, 0.717) is 0 Å². The number of hydrogen-bond acceptors (Lipinski definition) is 3. The number of anilines is 1. The molecule has 1 N–H and O–H groups in total. The number of carbonyl (C=O) groups excluding carboxylic acids is 1. The molecule has 0 unspecified atom stereocenters. The summed E-state index contributed by atoms with van der Waals surface area (Å²) in [5, 5.41) is 2.45. The van der Waals surface area contributed by atoms with Crippen LogP contribution in [-0.2, 0) is 9.84 Å². The van der Waals surface area contributed by atoms with E-state index in [1.165, 1.54) is 23.1 Å². The van der Waals surface area contributed by atoms with Crippen molar-refractivity contribution in [3.05, 3.63) is 30.1 Å². The summed E-state index contributed by atoms with van der Waals surface area (Å²) in [5.41, 5.74) is 0.0718. The van der Waals surface area contributed by atoms with E-state index in [9.17, 15) is 17.6 Å². The molecular weight excluding hydrogens is 283 g/mol. The van der Waals surface area contributed by atoms with Gasteiger partial charge in [-0.1, -0.05) is 12.1 Å². The summed E-state index contributed by atoms with van der Waals surface area (Å²) >= 11 is 0. The summed E-state index contributed by atoms with van der Waals surface area (Å²) in [4.78, 5) is 13.4. The lowest BCUT2D eigenvalue weighted by Crippen LogP contribution is -2.42. The highest BCUT2D eigenvalue weighted by atomic mass is 32.2. The van der Waals surface area contributed by atoms with Gasteiger partial charge in [0.25, 0.3) is 0 Å². The van der Waals surface area contributed by atoms with Crippen LogP contribution in [0.2, 0.25) is 0 Å². The highest BCUT2D eigenvalue weighted by Crippen LogP contribution is 2.14. The Morgan fingerprint density at radius 1 is 1.35 bits per heavy atom. The minimum absolute atomic E-state index is 0.0663. The molecule has 0 aliphatic heterocycles.